The summed E-state index contributed by atoms with van der Waals surface area (Å²) in [7, 11) is 0. The van der Waals surface area contributed by atoms with Gasteiger partial charge in [0.2, 0.25) is 0 Å². The molecule has 2 N–H and O–H groups in total. The summed E-state index contributed by atoms with van der Waals surface area (Å²) in [6, 6.07) is 0.545. The third kappa shape index (κ3) is 3.76. The molecular formula is C16H20N2O6. The summed E-state index contributed by atoms with van der Waals surface area (Å²) >= 11 is 0. The van der Waals surface area contributed by atoms with Gasteiger partial charge in [-0.2, -0.15) is 0 Å². The SMILES string of the molecule is CCOC(=O)C1=C(COC(=O)c2cc(C)oc2C)NC(=O)N[C@@H]1C. The molecule has 2 amide bonds. The van der Waals surface area contributed by atoms with Crippen molar-refractivity contribution in [3.63, 3.8) is 0 Å². The van der Waals surface area contributed by atoms with Gasteiger partial charge in [0.15, 0.2) is 0 Å². The molecule has 130 valence electrons. The zero-order valence-electron chi connectivity index (χ0n) is 14.0. The number of rotatable bonds is 5. The van der Waals surface area contributed by atoms with Crippen LogP contribution in [0.1, 0.15) is 35.7 Å². The summed E-state index contributed by atoms with van der Waals surface area (Å²) < 4.78 is 15.5. The van der Waals surface area contributed by atoms with E-state index in [1.807, 2.05) is 0 Å². The highest BCUT2D eigenvalue weighted by molar-refractivity contribution is 5.95. The van der Waals surface area contributed by atoms with Crippen LogP contribution in [0.5, 0.6) is 0 Å². The van der Waals surface area contributed by atoms with Crippen molar-refractivity contribution in [2.24, 2.45) is 0 Å². The van der Waals surface area contributed by atoms with Gasteiger partial charge in [0.1, 0.15) is 23.7 Å². The lowest BCUT2D eigenvalue weighted by atomic mass is 10.0. The average molecular weight is 336 g/mol. The molecule has 1 aromatic heterocycles. The lowest BCUT2D eigenvalue weighted by molar-refractivity contribution is -0.139. The van der Waals surface area contributed by atoms with Crippen LogP contribution in [0, 0.1) is 13.8 Å². The van der Waals surface area contributed by atoms with E-state index in [9.17, 15) is 14.4 Å². The van der Waals surface area contributed by atoms with E-state index in [0.717, 1.165) is 0 Å². The van der Waals surface area contributed by atoms with Gasteiger partial charge in [0.05, 0.1) is 23.9 Å². The van der Waals surface area contributed by atoms with Crippen LogP contribution >= 0.6 is 0 Å². The van der Waals surface area contributed by atoms with Crippen LogP contribution < -0.4 is 10.6 Å². The maximum absolute atomic E-state index is 12.1. The summed E-state index contributed by atoms with van der Waals surface area (Å²) in [4.78, 5) is 35.8. The van der Waals surface area contributed by atoms with Crippen LogP contribution in [-0.2, 0) is 14.3 Å². The molecule has 1 aromatic rings. The number of furan rings is 1. The van der Waals surface area contributed by atoms with Crippen molar-refractivity contribution in [2.75, 3.05) is 13.2 Å². The summed E-state index contributed by atoms with van der Waals surface area (Å²) in [5.41, 5.74) is 0.736. The number of carbonyl (C=O) groups excluding carboxylic acids is 3. The van der Waals surface area contributed by atoms with Crippen molar-refractivity contribution in [2.45, 2.75) is 33.7 Å². The summed E-state index contributed by atoms with van der Waals surface area (Å²) in [6.07, 6.45) is 0. The van der Waals surface area contributed by atoms with Crippen LogP contribution in [0.2, 0.25) is 0 Å². The highest BCUT2D eigenvalue weighted by atomic mass is 16.5. The van der Waals surface area contributed by atoms with E-state index in [2.05, 4.69) is 10.6 Å². The smallest absolute Gasteiger partial charge is 0.342 e. The van der Waals surface area contributed by atoms with Gasteiger partial charge in [-0.05, 0) is 33.8 Å². The Kier molecular flexibility index (Phi) is 5.28. The van der Waals surface area contributed by atoms with Crippen LogP contribution in [0.3, 0.4) is 0 Å². The molecule has 0 unspecified atom stereocenters. The fourth-order valence-electron chi connectivity index (χ4n) is 2.44. The Balaban J connectivity index is 2.18. The average Bonchev–Trinajstić information content (AvgIpc) is 2.83. The molecule has 1 aliphatic rings. The number of ether oxygens (including phenoxy) is 2. The monoisotopic (exact) mass is 336 g/mol. The zero-order valence-corrected chi connectivity index (χ0v) is 14.0. The minimum atomic E-state index is -0.597. The molecule has 0 radical (unpaired) electrons. The Morgan fingerprint density at radius 2 is 1.96 bits per heavy atom. The van der Waals surface area contributed by atoms with Crippen molar-refractivity contribution in [3.05, 3.63) is 34.4 Å². The highest BCUT2D eigenvalue weighted by Gasteiger charge is 2.30. The van der Waals surface area contributed by atoms with Gasteiger partial charge in [0, 0.05) is 0 Å². The van der Waals surface area contributed by atoms with E-state index in [1.165, 1.54) is 0 Å². The molecule has 1 atom stereocenters. The van der Waals surface area contributed by atoms with Crippen molar-refractivity contribution in [1.82, 2.24) is 10.6 Å². The number of hydrogen-bond donors (Lipinski definition) is 2. The van der Waals surface area contributed by atoms with Gasteiger partial charge >= 0.3 is 18.0 Å². The molecule has 0 bridgehead atoms. The Bertz CT molecular complexity index is 703. The first kappa shape index (κ1) is 17.6. The molecule has 0 fully saturated rings. The summed E-state index contributed by atoms with van der Waals surface area (Å²) in [5, 5.41) is 5.06. The standard InChI is InChI=1S/C16H20N2O6/c1-5-22-15(20)13-9(3)17-16(21)18-12(13)7-23-14(19)11-6-8(2)24-10(11)4/h6,9H,5,7H2,1-4H3,(H2,17,18,21)/t9-/m1/s1. The summed E-state index contributed by atoms with van der Waals surface area (Å²) in [5.74, 6) is -0.131. The predicted molar refractivity (Wildman–Crippen MR) is 83.3 cm³/mol. The van der Waals surface area contributed by atoms with Crippen LogP contribution in [-0.4, -0.2) is 37.2 Å². The van der Waals surface area contributed by atoms with Crippen molar-refractivity contribution in [1.29, 1.82) is 0 Å². The zero-order chi connectivity index (χ0) is 17.9. The van der Waals surface area contributed by atoms with Crippen molar-refractivity contribution in [3.8, 4) is 0 Å². The van der Waals surface area contributed by atoms with Crippen LogP contribution in [0.25, 0.3) is 0 Å². The topological polar surface area (TPSA) is 107 Å². The molecule has 0 aliphatic carbocycles. The molecule has 0 saturated carbocycles. The lowest BCUT2D eigenvalue weighted by Crippen LogP contribution is -2.50. The van der Waals surface area contributed by atoms with E-state index in [1.54, 1.807) is 33.8 Å². The minimum absolute atomic E-state index is 0.198. The van der Waals surface area contributed by atoms with Crippen LogP contribution in [0.15, 0.2) is 21.8 Å². The van der Waals surface area contributed by atoms with Gasteiger partial charge in [-0.25, -0.2) is 14.4 Å². The van der Waals surface area contributed by atoms with Gasteiger partial charge < -0.3 is 24.5 Å². The van der Waals surface area contributed by atoms with E-state index >= 15 is 0 Å². The highest BCUT2D eigenvalue weighted by Crippen LogP contribution is 2.17. The van der Waals surface area contributed by atoms with E-state index < -0.39 is 24.0 Å². The normalized spacial score (nSPS) is 17.2. The molecule has 0 saturated heterocycles. The quantitative estimate of drug-likeness (QED) is 0.791. The Hall–Kier alpha value is -2.77. The molecule has 8 nitrogen and oxygen atoms in total. The van der Waals surface area contributed by atoms with Gasteiger partial charge in [0.25, 0.3) is 0 Å². The van der Waals surface area contributed by atoms with Gasteiger partial charge in [-0.1, -0.05) is 0 Å². The molecule has 24 heavy (non-hydrogen) atoms. The largest absolute Gasteiger partial charge is 0.466 e. The Morgan fingerprint density at radius 3 is 2.54 bits per heavy atom. The first-order valence-electron chi connectivity index (χ1n) is 7.55. The van der Waals surface area contributed by atoms with Crippen molar-refractivity contribution < 1.29 is 28.3 Å². The van der Waals surface area contributed by atoms with Gasteiger partial charge in [-0.15, -0.1) is 0 Å². The number of amides is 2. The number of nitrogens with one attached hydrogen (secondary N) is 2. The lowest BCUT2D eigenvalue weighted by Gasteiger charge is -2.26. The second-order valence-electron chi connectivity index (χ2n) is 5.34. The first-order chi connectivity index (χ1) is 11.3. The fourth-order valence-corrected chi connectivity index (χ4v) is 2.44. The van der Waals surface area contributed by atoms with E-state index in [-0.39, 0.29) is 24.5 Å². The maximum atomic E-state index is 12.1. The third-order valence-corrected chi connectivity index (χ3v) is 3.47. The molecule has 1 aliphatic heterocycles. The Morgan fingerprint density at radius 1 is 1.25 bits per heavy atom. The summed E-state index contributed by atoms with van der Waals surface area (Å²) in [6.45, 7) is 6.65. The molecule has 2 heterocycles. The second kappa shape index (κ2) is 7.20. The molecular weight excluding hydrogens is 316 g/mol. The molecule has 8 heteroatoms. The third-order valence-electron chi connectivity index (χ3n) is 3.47. The van der Waals surface area contributed by atoms with Gasteiger partial charge in [-0.3, -0.25) is 0 Å². The minimum Gasteiger partial charge on any atom is -0.466 e. The maximum Gasteiger partial charge on any atom is 0.342 e. The number of hydrogen-bond acceptors (Lipinski definition) is 6. The van der Waals surface area contributed by atoms with Crippen molar-refractivity contribution >= 4 is 18.0 Å². The number of urea groups is 1. The number of carbonyl (C=O) groups is 3. The first-order valence-corrected chi connectivity index (χ1v) is 7.55. The number of esters is 2. The number of aryl methyl sites for hydroxylation is 2. The molecule has 0 spiro atoms. The molecule has 2 rings (SSSR count). The van der Waals surface area contributed by atoms with E-state index in [4.69, 9.17) is 13.9 Å². The molecule has 0 aromatic carbocycles. The van der Waals surface area contributed by atoms with E-state index in [0.29, 0.717) is 17.1 Å². The second-order valence-corrected chi connectivity index (χ2v) is 5.34. The predicted octanol–water partition coefficient (Wildman–Crippen LogP) is 1.57. The Labute approximate surface area is 139 Å². The van der Waals surface area contributed by atoms with Crippen LogP contribution in [0.4, 0.5) is 4.79 Å². The fraction of sp³-hybridized carbons (Fsp3) is 0.438.